The van der Waals surface area contributed by atoms with Gasteiger partial charge in [-0.2, -0.15) is 11.8 Å². The highest BCUT2D eigenvalue weighted by atomic mass is 32.2. The molecule has 5 heteroatoms. The Balaban J connectivity index is 2.18. The summed E-state index contributed by atoms with van der Waals surface area (Å²) in [7, 11) is 3.53. The van der Waals surface area contributed by atoms with Gasteiger partial charge in [0.1, 0.15) is 0 Å². The van der Waals surface area contributed by atoms with Gasteiger partial charge in [0.25, 0.3) is 5.91 Å². The number of hydrogen-bond acceptors (Lipinski definition) is 4. The van der Waals surface area contributed by atoms with E-state index < -0.39 is 0 Å². The average molecular weight is 307 g/mol. The molecule has 0 aliphatic heterocycles. The largest absolute Gasteiger partial charge is 0.399 e. The zero-order valence-electron chi connectivity index (χ0n) is 13.1. The van der Waals surface area contributed by atoms with E-state index in [0.717, 1.165) is 12.2 Å². The van der Waals surface area contributed by atoms with Crippen LogP contribution in [-0.2, 0) is 0 Å². The van der Waals surface area contributed by atoms with Gasteiger partial charge in [-0.3, -0.25) is 4.79 Å². The number of hydrogen-bond donors (Lipinski definition) is 2. The van der Waals surface area contributed by atoms with Crippen molar-refractivity contribution in [3.8, 4) is 0 Å². The number of rotatable bonds is 5. The van der Waals surface area contributed by atoms with Crippen LogP contribution in [0.5, 0.6) is 0 Å². The molecule has 1 saturated carbocycles. The molecule has 1 fully saturated rings. The third-order valence-corrected chi connectivity index (χ3v) is 5.65. The van der Waals surface area contributed by atoms with E-state index >= 15 is 0 Å². The molecular formula is C16H25N3OS. The third-order valence-electron chi connectivity index (χ3n) is 4.23. The molecular weight excluding hydrogens is 282 g/mol. The van der Waals surface area contributed by atoms with Gasteiger partial charge in [-0.25, -0.2) is 0 Å². The van der Waals surface area contributed by atoms with Gasteiger partial charge < -0.3 is 16.0 Å². The van der Waals surface area contributed by atoms with Crippen molar-refractivity contribution < 1.29 is 4.79 Å². The van der Waals surface area contributed by atoms with Gasteiger partial charge in [-0.1, -0.05) is 12.8 Å². The predicted octanol–water partition coefficient (Wildman–Crippen LogP) is 3.06. The molecule has 0 bridgehead atoms. The van der Waals surface area contributed by atoms with Crippen LogP contribution in [0.1, 0.15) is 36.0 Å². The molecule has 0 atom stereocenters. The predicted molar refractivity (Wildman–Crippen MR) is 92.1 cm³/mol. The SMILES string of the molecule is CSC1(CNc2cc(N)ccc2C(=O)N(C)C)CCCC1. The van der Waals surface area contributed by atoms with Crippen molar-refractivity contribution >= 4 is 29.0 Å². The lowest BCUT2D eigenvalue weighted by Crippen LogP contribution is -2.31. The molecule has 1 amide bonds. The van der Waals surface area contributed by atoms with E-state index in [1.165, 1.54) is 25.7 Å². The van der Waals surface area contributed by atoms with E-state index in [4.69, 9.17) is 5.73 Å². The first kappa shape index (κ1) is 16.0. The van der Waals surface area contributed by atoms with Crippen LogP contribution in [0.3, 0.4) is 0 Å². The second-order valence-electron chi connectivity index (χ2n) is 5.95. The normalized spacial score (nSPS) is 16.7. The average Bonchev–Trinajstić information content (AvgIpc) is 2.94. The summed E-state index contributed by atoms with van der Waals surface area (Å²) in [6.07, 6.45) is 7.24. The first-order chi connectivity index (χ1) is 9.97. The number of nitrogens with zero attached hydrogens (tertiary/aromatic N) is 1. The molecule has 0 unspecified atom stereocenters. The summed E-state index contributed by atoms with van der Waals surface area (Å²) in [5.74, 6) is 0.00197. The number of amides is 1. The fourth-order valence-corrected chi connectivity index (χ4v) is 3.78. The maximum Gasteiger partial charge on any atom is 0.255 e. The Kier molecular flexibility index (Phi) is 5.04. The van der Waals surface area contributed by atoms with Gasteiger partial charge in [0, 0.05) is 36.8 Å². The van der Waals surface area contributed by atoms with Gasteiger partial charge in [0.2, 0.25) is 0 Å². The summed E-state index contributed by atoms with van der Waals surface area (Å²) in [6.45, 7) is 0.880. The van der Waals surface area contributed by atoms with Crippen molar-refractivity contribution in [3.63, 3.8) is 0 Å². The summed E-state index contributed by atoms with van der Waals surface area (Å²) in [5.41, 5.74) is 8.09. The van der Waals surface area contributed by atoms with Crippen LogP contribution in [0.4, 0.5) is 11.4 Å². The Morgan fingerprint density at radius 1 is 1.38 bits per heavy atom. The van der Waals surface area contributed by atoms with Crippen LogP contribution < -0.4 is 11.1 Å². The molecule has 0 spiro atoms. The van der Waals surface area contributed by atoms with Crippen LogP contribution in [-0.4, -0.2) is 42.4 Å². The molecule has 1 aliphatic carbocycles. The van der Waals surface area contributed by atoms with Crippen molar-refractivity contribution in [1.82, 2.24) is 4.90 Å². The summed E-state index contributed by atoms with van der Waals surface area (Å²) in [4.78, 5) is 13.9. The molecule has 0 saturated heterocycles. The summed E-state index contributed by atoms with van der Waals surface area (Å²) in [6, 6.07) is 5.45. The Morgan fingerprint density at radius 3 is 2.62 bits per heavy atom. The van der Waals surface area contributed by atoms with E-state index in [1.54, 1.807) is 31.1 Å². The van der Waals surface area contributed by atoms with Crippen molar-refractivity contribution in [1.29, 1.82) is 0 Å². The lowest BCUT2D eigenvalue weighted by Gasteiger charge is -2.28. The van der Waals surface area contributed by atoms with Gasteiger partial charge >= 0.3 is 0 Å². The smallest absolute Gasteiger partial charge is 0.255 e. The monoisotopic (exact) mass is 307 g/mol. The van der Waals surface area contributed by atoms with Crippen LogP contribution in [0.15, 0.2) is 18.2 Å². The van der Waals surface area contributed by atoms with E-state index in [9.17, 15) is 4.79 Å². The second-order valence-corrected chi connectivity index (χ2v) is 7.23. The first-order valence-corrected chi connectivity index (χ1v) is 8.60. The van der Waals surface area contributed by atoms with Gasteiger partial charge in [0.05, 0.1) is 5.56 Å². The number of carbonyl (C=O) groups excluding carboxylic acids is 1. The molecule has 116 valence electrons. The molecule has 1 aliphatic rings. The maximum atomic E-state index is 12.3. The fraction of sp³-hybridized carbons (Fsp3) is 0.562. The quantitative estimate of drug-likeness (QED) is 0.821. The highest BCUT2D eigenvalue weighted by Crippen LogP contribution is 2.40. The zero-order valence-corrected chi connectivity index (χ0v) is 13.9. The van der Waals surface area contributed by atoms with Crippen molar-refractivity contribution in [2.45, 2.75) is 30.4 Å². The van der Waals surface area contributed by atoms with E-state index in [2.05, 4.69) is 11.6 Å². The highest BCUT2D eigenvalue weighted by Gasteiger charge is 2.33. The zero-order chi connectivity index (χ0) is 15.5. The van der Waals surface area contributed by atoms with Crippen LogP contribution in [0, 0.1) is 0 Å². The van der Waals surface area contributed by atoms with E-state index in [1.807, 2.05) is 17.8 Å². The fourth-order valence-electron chi connectivity index (χ4n) is 2.86. The minimum absolute atomic E-state index is 0.00197. The standard InChI is InChI=1S/C16H25N3OS/c1-19(2)15(20)13-7-6-12(17)10-14(13)18-11-16(21-3)8-4-5-9-16/h6-7,10,18H,4-5,8-9,11,17H2,1-3H3. The third kappa shape index (κ3) is 3.64. The highest BCUT2D eigenvalue weighted by molar-refractivity contribution is 8.00. The number of benzene rings is 1. The number of thioether (sulfide) groups is 1. The number of nitrogens with one attached hydrogen (secondary N) is 1. The Labute approximate surface area is 131 Å². The molecule has 0 aromatic heterocycles. The molecule has 2 rings (SSSR count). The second kappa shape index (κ2) is 6.60. The summed E-state index contributed by atoms with van der Waals surface area (Å²) in [5, 5.41) is 3.48. The number of nitrogens with two attached hydrogens (primary N) is 1. The molecule has 0 radical (unpaired) electrons. The minimum Gasteiger partial charge on any atom is -0.399 e. The van der Waals surface area contributed by atoms with Crippen LogP contribution in [0.25, 0.3) is 0 Å². The summed E-state index contributed by atoms with van der Waals surface area (Å²) < 4.78 is 0.295. The lowest BCUT2D eigenvalue weighted by atomic mass is 10.1. The molecule has 0 heterocycles. The van der Waals surface area contributed by atoms with Crippen molar-refractivity contribution in [2.24, 2.45) is 0 Å². The van der Waals surface area contributed by atoms with Gasteiger partial charge in [0.15, 0.2) is 0 Å². The minimum atomic E-state index is 0.00197. The lowest BCUT2D eigenvalue weighted by molar-refractivity contribution is 0.0828. The molecule has 3 N–H and O–H groups in total. The van der Waals surface area contributed by atoms with E-state index in [-0.39, 0.29) is 5.91 Å². The topological polar surface area (TPSA) is 58.4 Å². The Hall–Kier alpha value is -1.36. The van der Waals surface area contributed by atoms with Crippen LogP contribution >= 0.6 is 11.8 Å². The van der Waals surface area contributed by atoms with Crippen molar-refractivity contribution in [3.05, 3.63) is 23.8 Å². The number of anilines is 2. The van der Waals surface area contributed by atoms with E-state index in [0.29, 0.717) is 16.0 Å². The molecule has 4 nitrogen and oxygen atoms in total. The molecule has 1 aromatic rings. The Morgan fingerprint density at radius 2 is 2.05 bits per heavy atom. The molecule has 21 heavy (non-hydrogen) atoms. The summed E-state index contributed by atoms with van der Waals surface area (Å²) >= 11 is 1.93. The maximum absolute atomic E-state index is 12.3. The first-order valence-electron chi connectivity index (χ1n) is 7.38. The van der Waals surface area contributed by atoms with Crippen molar-refractivity contribution in [2.75, 3.05) is 37.9 Å². The van der Waals surface area contributed by atoms with Gasteiger partial charge in [-0.05, 0) is 37.3 Å². The molecule has 1 aromatic carbocycles. The number of carbonyl (C=O) groups is 1. The number of nitrogen functional groups attached to an aromatic ring is 1. The Bertz CT molecular complexity index is 510. The van der Waals surface area contributed by atoms with Gasteiger partial charge in [-0.15, -0.1) is 0 Å². The van der Waals surface area contributed by atoms with Crippen LogP contribution in [0.2, 0.25) is 0 Å².